The SMILES string of the molecule is COC1Cc2ccccc2CN1C(=O)Oc1ccc(C=O)cc1. The van der Waals surface area contributed by atoms with E-state index in [0.29, 0.717) is 24.3 Å². The molecule has 0 N–H and O–H groups in total. The standard InChI is InChI=1S/C18H17NO4/c1-22-17-10-14-4-2-3-5-15(14)11-19(17)18(21)23-16-8-6-13(12-20)7-9-16/h2-9,12,17H,10-11H2,1H3. The van der Waals surface area contributed by atoms with Crippen LogP contribution in [0.25, 0.3) is 0 Å². The van der Waals surface area contributed by atoms with Crippen LogP contribution in [0.2, 0.25) is 0 Å². The fourth-order valence-corrected chi connectivity index (χ4v) is 2.66. The van der Waals surface area contributed by atoms with E-state index in [1.54, 1.807) is 36.3 Å². The summed E-state index contributed by atoms with van der Waals surface area (Å²) >= 11 is 0. The molecular formula is C18H17NO4. The fourth-order valence-electron chi connectivity index (χ4n) is 2.66. The lowest BCUT2D eigenvalue weighted by Crippen LogP contribution is -2.46. The van der Waals surface area contributed by atoms with E-state index in [0.717, 1.165) is 11.8 Å². The first kappa shape index (κ1) is 15.2. The van der Waals surface area contributed by atoms with E-state index >= 15 is 0 Å². The summed E-state index contributed by atoms with van der Waals surface area (Å²) in [5.74, 6) is 0.398. The van der Waals surface area contributed by atoms with Crippen LogP contribution in [0.1, 0.15) is 21.5 Å². The third kappa shape index (κ3) is 3.24. The highest BCUT2D eigenvalue weighted by Crippen LogP contribution is 2.25. The lowest BCUT2D eigenvalue weighted by atomic mass is 9.99. The maximum Gasteiger partial charge on any atom is 0.417 e. The largest absolute Gasteiger partial charge is 0.417 e. The van der Waals surface area contributed by atoms with Crippen LogP contribution in [0.3, 0.4) is 0 Å². The van der Waals surface area contributed by atoms with Crippen LogP contribution in [-0.4, -0.2) is 30.6 Å². The Hall–Kier alpha value is -2.66. The maximum absolute atomic E-state index is 12.5. The summed E-state index contributed by atoms with van der Waals surface area (Å²) in [7, 11) is 1.58. The molecule has 0 saturated heterocycles. The second-order valence-electron chi connectivity index (χ2n) is 5.35. The smallest absolute Gasteiger partial charge is 0.410 e. The number of hydrogen-bond acceptors (Lipinski definition) is 4. The van der Waals surface area contributed by atoms with Crippen LogP contribution in [0, 0.1) is 0 Å². The van der Waals surface area contributed by atoms with Crippen molar-refractivity contribution < 1.29 is 19.1 Å². The van der Waals surface area contributed by atoms with Gasteiger partial charge in [-0.05, 0) is 35.4 Å². The average Bonchev–Trinajstić information content (AvgIpc) is 2.61. The molecule has 5 heteroatoms. The monoisotopic (exact) mass is 311 g/mol. The topological polar surface area (TPSA) is 55.8 Å². The number of benzene rings is 2. The van der Waals surface area contributed by atoms with Crippen LogP contribution >= 0.6 is 0 Å². The van der Waals surface area contributed by atoms with Crippen LogP contribution < -0.4 is 4.74 Å². The van der Waals surface area contributed by atoms with Gasteiger partial charge in [-0.2, -0.15) is 0 Å². The third-order valence-electron chi connectivity index (χ3n) is 3.93. The van der Waals surface area contributed by atoms with Gasteiger partial charge >= 0.3 is 6.09 Å². The molecule has 1 atom stereocenters. The van der Waals surface area contributed by atoms with Gasteiger partial charge in [0.05, 0.1) is 6.54 Å². The number of methoxy groups -OCH3 is 1. The van der Waals surface area contributed by atoms with E-state index in [1.165, 1.54) is 5.56 Å². The Balaban J connectivity index is 1.76. The first-order chi connectivity index (χ1) is 11.2. The molecule has 118 valence electrons. The van der Waals surface area contributed by atoms with E-state index in [2.05, 4.69) is 0 Å². The van der Waals surface area contributed by atoms with Crippen LogP contribution in [0.4, 0.5) is 4.79 Å². The number of nitrogens with zero attached hydrogens (tertiary/aromatic N) is 1. The van der Waals surface area contributed by atoms with E-state index < -0.39 is 6.09 Å². The summed E-state index contributed by atoms with van der Waals surface area (Å²) in [4.78, 5) is 24.7. The Kier molecular flexibility index (Phi) is 4.39. The summed E-state index contributed by atoms with van der Waals surface area (Å²) in [6.45, 7) is 0.444. The van der Waals surface area contributed by atoms with Gasteiger partial charge in [0.25, 0.3) is 0 Å². The second kappa shape index (κ2) is 6.62. The molecule has 1 aliphatic heterocycles. The van der Waals surface area contributed by atoms with Gasteiger partial charge in [0, 0.05) is 19.1 Å². The summed E-state index contributed by atoms with van der Waals surface area (Å²) in [6.07, 6.45) is 0.553. The highest BCUT2D eigenvalue weighted by molar-refractivity contribution is 5.76. The van der Waals surface area contributed by atoms with Crippen molar-refractivity contribution in [2.45, 2.75) is 19.2 Å². The number of carbonyl (C=O) groups excluding carboxylic acids is 2. The Morgan fingerprint density at radius 2 is 1.83 bits per heavy atom. The van der Waals surface area contributed by atoms with Gasteiger partial charge in [0.2, 0.25) is 0 Å². The molecule has 0 spiro atoms. The highest BCUT2D eigenvalue weighted by Gasteiger charge is 2.30. The van der Waals surface area contributed by atoms with Gasteiger partial charge < -0.3 is 9.47 Å². The van der Waals surface area contributed by atoms with Crippen molar-refractivity contribution in [2.75, 3.05) is 7.11 Å². The summed E-state index contributed by atoms with van der Waals surface area (Å²) < 4.78 is 10.8. The molecule has 3 rings (SSSR count). The Bertz CT molecular complexity index is 711. The normalized spacial score (nSPS) is 16.6. The molecule has 1 aliphatic rings. The number of rotatable bonds is 3. The van der Waals surface area contributed by atoms with Crippen molar-refractivity contribution in [1.29, 1.82) is 0 Å². The molecule has 2 aromatic carbocycles. The van der Waals surface area contributed by atoms with Crippen LogP contribution in [0.15, 0.2) is 48.5 Å². The molecule has 0 aliphatic carbocycles. The molecule has 0 aromatic heterocycles. The number of amides is 1. The molecular weight excluding hydrogens is 294 g/mol. The quantitative estimate of drug-likeness (QED) is 0.818. The zero-order valence-electron chi connectivity index (χ0n) is 12.8. The molecule has 0 radical (unpaired) electrons. The molecule has 2 aromatic rings. The Labute approximate surface area is 134 Å². The predicted molar refractivity (Wildman–Crippen MR) is 84.3 cm³/mol. The zero-order chi connectivity index (χ0) is 16.2. The molecule has 5 nitrogen and oxygen atoms in total. The van der Waals surface area contributed by atoms with Gasteiger partial charge in [-0.3, -0.25) is 9.69 Å². The van der Waals surface area contributed by atoms with E-state index in [4.69, 9.17) is 9.47 Å². The summed E-state index contributed by atoms with van der Waals surface area (Å²) in [6, 6.07) is 14.4. The van der Waals surface area contributed by atoms with E-state index in [9.17, 15) is 9.59 Å². The Morgan fingerprint density at radius 3 is 2.48 bits per heavy atom. The summed E-state index contributed by atoms with van der Waals surface area (Å²) in [5, 5.41) is 0. The lowest BCUT2D eigenvalue weighted by molar-refractivity contribution is -0.0288. The first-order valence-corrected chi connectivity index (χ1v) is 7.34. The molecule has 0 saturated carbocycles. The second-order valence-corrected chi connectivity index (χ2v) is 5.35. The minimum absolute atomic E-state index is 0.355. The van der Waals surface area contributed by atoms with Gasteiger partial charge in [0.1, 0.15) is 18.3 Å². The van der Waals surface area contributed by atoms with Gasteiger partial charge in [0.15, 0.2) is 0 Å². The average molecular weight is 311 g/mol. The van der Waals surface area contributed by atoms with Crippen LogP contribution in [-0.2, 0) is 17.7 Å². The van der Waals surface area contributed by atoms with Crippen molar-refractivity contribution in [3.8, 4) is 5.75 Å². The third-order valence-corrected chi connectivity index (χ3v) is 3.93. The van der Waals surface area contributed by atoms with Crippen molar-refractivity contribution in [1.82, 2.24) is 4.90 Å². The van der Waals surface area contributed by atoms with Gasteiger partial charge in [-0.1, -0.05) is 24.3 Å². The van der Waals surface area contributed by atoms with Crippen molar-refractivity contribution in [2.24, 2.45) is 0 Å². The molecule has 1 heterocycles. The van der Waals surface area contributed by atoms with Gasteiger partial charge in [-0.15, -0.1) is 0 Å². The van der Waals surface area contributed by atoms with E-state index in [-0.39, 0.29) is 6.23 Å². The predicted octanol–water partition coefficient (Wildman–Crippen LogP) is 3.03. The Morgan fingerprint density at radius 1 is 1.13 bits per heavy atom. The van der Waals surface area contributed by atoms with Crippen molar-refractivity contribution in [3.05, 3.63) is 65.2 Å². The molecule has 1 amide bonds. The number of ether oxygens (including phenoxy) is 2. The minimum atomic E-state index is -0.467. The number of fused-ring (bicyclic) bond motifs is 1. The number of aldehydes is 1. The molecule has 0 bridgehead atoms. The van der Waals surface area contributed by atoms with Gasteiger partial charge in [-0.25, -0.2) is 4.79 Å². The lowest BCUT2D eigenvalue weighted by Gasteiger charge is -2.34. The summed E-state index contributed by atoms with van der Waals surface area (Å²) in [5.41, 5.74) is 2.80. The number of hydrogen-bond donors (Lipinski definition) is 0. The minimum Gasteiger partial charge on any atom is -0.410 e. The maximum atomic E-state index is 12.5. The van der Waals surface area contributed by atoms with E-state index in [1.807, 2.05) is 24.3 Å². The fraction of sp³-hybridized carbons (Fsp3) is 0.222. The molecule has 0 fully saturated rings. The number of carbonyl (C=O) groups is 2. The highest BCUT2D eigenvalue weighted by atomic mass is 16.6. The van der Waals surface area contributed by atoms with Crippen LogP contribution in [0.5, 0.6) is 5.75 Å². The van der Waals surface area contributed by atoms with Crippen molar-refractivity contribution >= 4 is 12.4 Å². The molecule has 1 unspecified atom stereocenters. The van der Waals surface area contributed by atoms with Crippen molar-refractivity contribution in [3.63, 3.8) is 0 Å². The molecule has 23 heavy (non-hydrogen) atoms. The zero-order valence-corrected chi connectivity index (χ0v) is 12.8. The first-order valence-electron chi connectivity index (χ1n) is 7.34.